The number of nitrogens with one attached hydrogen (secondary N) is 1. The van der Waals surface area contributed by atoms with Crippen LogP contribution in [-0.4, -0.2) is 43.0 Å². The van der Waals surface area contributed by atoms with Gasteiger partial charge in [-0.1, -0.05) is 0 Å². The molecule has 8 heteroatoms. The van der Waals surface area contributed by atoms with E-state index in [9.17, 15) is 13.2 Å². The third-order valence-corrected chi connectivity index (χ3v) is 2.61. The number of thiol groups is 1. The molecule has 0 bridgehead atoms. The summed E-state index contributed by atoms with van der Waals surface area (Å²) >= 11 is 3.82. The summed E-state index contributed by atoms with van der Waals surface area (Å²) < 4.78 is 28.9. The first-order valence-electron chi connectivity index (χ1n) is 3.96. The Kier molecular flexibility index (Phi) is 6.09. The summed E-state index contributed by atoms with van der Waals surface area (Å²) in [5.41, 5.74) is 5.33. The summed E-state index contributed by atoms with van der Waals surface area (Å²) in [6.07, 6.45) is 0.157. The van der Waals surface area contributed by atoms with E-state index in [-0.39, 0.29) is 31.8 Å². The van der Waals surface area contributed by atoms with Gasteiger partial charge in [0.1, 0.15) is 0 Å². The van der Waals surface area contributed by atoms with Crippen molar-refractivity contribution in [1.29, 1.82) is 0 Å². The van der Waals surface area contributed by atoms with Crippen molar-refractivity contribution in [3.05, 3.63) is 0 Å². The zero-order valence-electron chi connectivity index (χ0n) is 7.51. The minimum Gasteiger partial charge on any atom is -0.355 e. The lowest BCUT2D eigenvalue weighted by Crippen LogP contribution is -2.42. The van der Waals surface area contributed by atoms with Crippen LogP contribution in [0.2, 0.25) is 0 Å². The maximum Gasteiger partial charge on any atom is 0.264 e. The predicted octanol–water partition coefficient (Wildman–Crippen LogP) is -1.12. The van der Waals surface area contributed by atoms with E-state index < -0.39 is 16.2 Å². The van der Waals surface area contributed by atoms with Crippen LogP contribution in [0.5, 0.6) is 0 Å². The van der Waals surface area contributed by atoms with Crippen molar-refractivity contribution >= 4 is 28.7 Å². The van der Waals surface area contributed by atoms with Crippen LogP contribution in [0.4, 0.5) is 0 Å². The Balaban J connectivity index is 0. The fourth-order valence-corrected chi connectivity index (χ4v) is 1.36. The summed E-state index contributed by atoms with van der Waals surface area (Å²) in [4.78, 5) is 11.0. The van der Waals surface area contributed by atoms with Gasteiger partial charge >= 0.3 is 0 Å². The predicted molar refractivity (Wildman–Crippen MR) is 58.0 cm³/mol. The fourth-order valence-electron chi connectivity index (χ4n) is 0.680. The molecule has 0 heterocycles. The molecule has 0 aromatic carbocycles. The van der Waals surface area contributed by atoms with Crippen LogP contribution in [0.3, 0.4) is 0 Å². The minimum absolute atomic E-state index is 0. The van der Waals surface area contributed by atoms with E-state index >= 15 is 0 Å². The van der Waals surface area contributed by atoms with Gasteiger partial charge in [-0.05, 0) is 6.42 Å². The Morgan fingerprint density at radius 1 is 1.64 bits per heavy atom. The standard InChI is InChI=1S/C6H14N2O4S2.H2/c7-5(4-13)6(9)8-2-1-3-14(10,11)12;/h5,13H,1-4,7H2,(H,8,9)(H,10,11,12);1H/t5-;/m0./s1/i8+1;. The Bertz CT molecular complexity index is 283. The Labute approximate surface area is 89.9 Å². The van der Waals surface area contributed by atoms with E-state index in [1.54, 1.807) is 0 Å². The molecular weight excluding hydrogens is 229 g/mol. The van der Waals surface area contributed by atoms with Gasteiger partial charge in [-0.15, -0.1) is 0 Å². The van der Waals surface area contributed by atoms with E-state index in [2.05, 4.69) is 17.9 Å². The molecule has 6 nitrogen and oxygen atoms in total. The molecule has 14 heavy (non-hydrogen) atoms. The summed E-state index contributed by atoms with van der Waals surface area (Å²) in [7, 11) is -3.95. The highest BCUT2D eigenvalue weighted by Gasteiger charge is 2.10. The molecule has 0 unspecified atom stereocenters. The van der Waals surface area contributed by atoms with Crippen molar-refractivity contribution in [3.63, 3.8) is 0 Å². The lowest BCUT2D eigenvalue weighted by Gasteiger charge is -2.08. The number of hydrogen-bond acceptors (Lipinski definition) is 5. The quantitative estimate of drug-likeness (QED) is 0.205. The summed E-state index contributed by atoms with van der Waals surface area (Å²) in [6, 6.07) is -0.691. The molecule has 0 aliphatic carbocycles. The van der Waals surface area contributed by atoms with E-state index in [0.717, 1.165) is 0 Å². The summed E-state index contributed by atoms with van der Waals surface area (Å²) in [5, 5.41) is 2.42. The van der Waals surface area contributed by atoms with Gasteiger partial charge in [0.05, 0.1) is 11.8 Å². The van der Waals surface area contributed by atoms with Crippen LogP contribution in [-0.2, 0) is 14.9 Å². The van der Waals surface area contributed by atoms with Crippen molar-refractivity contribution in [2.45, 2.75) is 12.5 Å². The largest absolute Gasteiger partial charge is 0.355 e. The molecule has 0 aliphatic rings. The van der Waals surface area contributed by atoms with Crippen LogP contribution in [0, 0.1) is 0 Å². The normalized spacial score (nSPS) is 13.6. The van der Waals surface area contributed by atoms with Crippen LogP contribution in [0.1, 0.15) is 7.85 Å². The molecule has 0 fully saturated rings. The highest BCUT2D eigenvalue weighted by atomic mass is 32.2. The average Bonchev–Trinajstić information content (AvgIpc) is 2.09. The van der Waals surface area contributed by atoms with E-state index in [4.69, 9.17) is 10.3 Å². The average molecular weight is 245 g/mol. The van der Waals surface area contributed by atoms with E-state index in [1.807, 2.05) is 0 Å². The van der Waals surface area contributed by atoms with Gasteiger partial charge in [0.15, 0.2) is 0 Å². The topological polar surface area (TPSA) is 109 Å². The lowest BCUT2D eigenvalue weighted by molar-refractivity contribution is -0.121. The Morgan fingerprint density at radius 3 is 2.64 bits per heavy atom. The first kappa shape index (κ1) is 13.7. The number of carbonyl (C=O) groups excluding carboxylic acids is 1. The number of rotatable bonds is 6. The van der Waals surface area contributed by atoms with Gasteiger partial charge in [-0.2, -0.15) is 21.0 Å². The van der Waals surface area contributed by atoms with Gasteiger partial charge in [-0.25, -0.2) is 0 Å². The lowest BCUT2D eigenvalue weighted by atomic mass is 10.3. The second kappa shape index (κ2) is 6.23. The summed E-state index contributed by atoms with van der Waals surface area (Å²) in [5.74, 6) is -0.525. The van der Waals surface area contributed by atoms with Gasteiger partial charge in [-0.3, -0.25) is 9.35 Å². The number of amides is 1. The highest BCUT2D eigenvalue weighted by Crippen LogP contribution is 1.88. The zero-order valence-corrected chi connectivity index (χ0v) is 9.22. The molecule has 0 aliphatic heterocycles. The Hall–Kier alpha value is -0.310. The highest BCUT2D eigenvalue weighted by molar-refractivity contribution is 7.85. The first-order chi connectivity index (χ1) is 6.37. The van der Waals surface area contributed by atoms with Gasteiger partial charge in [0.25, 0.3) is 10.1 Å². The smallest absolute Gasteiger partial charge is 0.264 e. The van der Waals surface area contributed by atoms with Crippen molar-refractivity contribution in [3.8, 4) is 0 Å². The molecule has 0 aromatic rings. The minimum atomic E-state index is -3.95. The van der Waals surface area contributed by atoms with Crippen molar-refractivity contribution in [2.24, 2.45) is 5.73 Å². The maximum atomic E-state index is 11.0. The molecular formula is C6H16N2O4S2. The molecule has 1 amide bonds. The molecule has 0 radical (unpaired) electrons. The third-order valence-electron chi connectivity index (χ3n) is 1.41. The maximum absolute atomic E-state index is 11.0. The van der Waals surface area contributed by atoms with Crippen LogP contribution >= 0.6 is 12.6 Å². The Morgan fingerprint density at radius 2 is 2.21 bits per heavy atom. The van der Waals surface area contributed by atoms with Gasteiger partial charge < -0.3 is 11.1 Å². The number of hydrogen-bond donors (Lipinski definition) is 4. The van der Waals surface area contributed by atoms with Crippen LogP contribution in [0.25, 0.3) is 0 Å². The monoisotopic (exact) mass is 245 g/mol. The first-order valence-corrected chi connectivity index (χ1v) is 6.20. The molecule has 0 saturated heterocycles. The molecule has 0 aromatic heterocycles. The number of carbonyl (C=O) groups is 1. The molecule has 0 rings (SSSR count). The van der Waals surface area contributed by atoms with E-state index in [1.165, 1.54) is 0 Å². The third kappa shape index (κ3) is 7.13. The molecule has 1 atom stereocenters. The number of nitrogens with two attached hydrogens (primary N) is 1. The molecule has 4 N–H and O–H groups in total. The van der Waals surface area contributed by atoms with Gasteiger partial charge in [0, 0.05) is 13.7 Å². The SMILES string of the molecule is N[C@@H](CS)C(=O)[15NH]CCCS(=O)(=O)O.[HH]. The van der Waals surface area contributed by atoms with Crippen molar-refractivity contribution in [2.75, 3.05) is 18.1 Å². The fraction of sp³-hybridized carbons (Fsp3) is 0.833. The van der Waals surface area contributed by atoms with Crippen molar-refractivity contribution in [1.82, 2.24) is 5.32 Å². The van der Waals surface area contributed by atoms with Gasteiger partial charge in [0.2, 0.25) is 5.91 Å². The second-order valence-electron chi connectivity index (χ2n) is 2.72. The van der Waals surface area contributed by atoms with Crippen LogP contribution < -0.4 is 11.1 Å². The molecule has 86 valence electrons. The van der Waals surface area contributed by atoms with E-state index in [0.29, 0.717) is 0 Å². The molecule has 0 spiro atoms. The zero-order chi connectivity index (χ0) is 11.2. The second-order valence-corrected chi connectivity index (χ2v) is 4.66. The van der Waals surface area contributed by atoms with Crippen molar-refractivity contribution < 1.29 is 19.2 Å². The summed E-state index contributed by atoms with van der Waals surface area (Å²) in [6.45, 7) is 0.167. The van der Waals surface area contributed by atoms with Crippen LogP contribution in [0.15, 0.2) is 0 Å². The molecule has 0 saturated carbocycles.